The molecule has 1 aromatic carbocycles. The van der Waals surface area contributed by atoms with Crippen molar-refractivity contribution in [1.82, 2.24) is 0 Å². The van der Waals surface area contributed by atoms with Crippen LogP contribution in [0.5, 0.6) is 0 Å². The van der Waals surface area contributed by atoms with Crippen molar-refractivity contribution in [2.24, 2.45) is 0 Å². The molecule has 0 aromatic heterocycles. The second-order valence-corrected chi connectivity index (χ2v) is 8.12. The van der Waals surface area contributed by atoms with E-state index >= 15 is 0 Å². The number of benzene rings is 1. The topological polar surface area (TPSA) is 37.3 Å². The molecule has 1 atom stereocenters. The van der Waals surface area contributed by atoms with Crippen molar-refractivity contribution >= 4 is 25.5 Å². The van der Waals surface area contributed by atoms with Gasteiger partial charge in [-0.2, -0.15) is 0 Å². The molecule has 1 aromatic rings. The van der Waals surface area contributed by atoms with Crippen LogP contribution in [0.4, 0.5) is 0 Å². The molecule has 0 aliphatic carbocycles. The van der Waals surface area contributed by atoms with Crippen molar-refractivity contribution in [1.29, 1.82) is 0 Å². The fraction of sp³-hybridized carbons (Fsp3) is 0.308. The number of hydrogen-bond donors (Lipinski definition) is 1. The minimum atomic E-state index is -0.820. The molecule has 1 aliphatic rings. The van der Waals surface area contributed by atoms with Gasteiger partial charge in [-0.1, -0.05) is 0 Å². The van der Waals surface area contributed by atoms with Crippen LogP contribution in [-0.4, -0.2) is 20.3 Å². The molecule has 17 heavy (non-hydrogen) atoms. The molecule has 2 rings (SSSR count). The monoisotopic (exact) mass is 407 g/mol. The molecule has 2 nitrogen and oxygen atoms in total. The molecule has 92 valence electrons. The summed E-state index contributed by atoms with van der Waals surface area (Å²) in [5.74, 6) is -0.820. The minimum absolute atomic E-state index is 0.0443. The zero-order valence-electron chi connectivity index (χ0n) is 9.41. The fourth-order valence-corrected chi connectivity index (χ4v) is 6.82. The van der Waals surface area contributed by atoms with Crippen LogP contribution in [0, 0.1) is 6.92 Å². The summed E-state index contributed by atoms with van der Waals surface area (Å²) in [6.45, 7) is 1.86. The SMILES string of the molecule is Cc1cccc(C2=CC(Br)CC[I-]2)c1C(=O)O. The summed E-state index contributed by atoms with van der Waals surface area (Å²) < 4.78 is 2.48. The number of rotatable bonds is 2. The molecule has 1 heterocycles. The van der Waals surface area contributed by atoms with Gasteiger partial charge >= 0.3 is 120 Å². The quantitative estimate of drug-likeness (QED) is 0.565. The van der Waals surface area contributed by atoms with Gasteiger partial charge in [-0.3, -0.25) is 0 Å². The Labute approximate surface area is 119 Å². The Hall–Kier alpha value is -0.360. The summed E-state index contributed by atoms with van der Waals surface area (Å²) in [4.78, 5) is 11.7. The van der Waals surface area contributed by atoms with Gasteiger partial charge < -0.3 is 0 Å². The number of hydrogen-bond acceptors (Lipinski definition) is 1. The Morgan fingerprint density at radius 1 is 1.53 bits per heavy atom. The Balaban J connectivity index is 2.52. The van der Waals surface area contributed by atoms with E-state index in [1.165, 1.54) is 14.4 Å². The molecular formula is C13H13BrIO2-. The van der Waals surface area contributed by atoms with E-state index < -0.39 is 5.97 Å². The third-order valence-corrected chi connectivity index (χ3v) is 6.34. The van der Waals surface area contributed by atoms with E-state index in [1.54, 1.807) is 0 Å². The van der Waals surface area contributed by atoms with Crippen LogP contribution in [0.3, 0.4) is 0 Å². The van der Waals surface area contributed by atoms with Gasteiger partial charge in [0.2, 0.25) is 0 Å². The van der Waals surface area contributed by atoms with Crippen LogP contribution in [0.25, 0.3) is 3.58 Å². The predicted molar refractivity (Wildman–Crippen MR) is 68.3 cm³/mol. The average Bonchev–Trinajstić information content (AvgIpc) is 2.28. The zero-order chi connectivity index (χ0) is 12.4. The summed E-state index contributed by atoms with van der Waals surface area (Å²) in [7, 11) is 0. The number of aryl methyl sites for hydroxylation is 1. The van der Waals surface area contributed by atoms with Crippen molar-refractivity contribution in [2.45, 2.75) is 18.2 Å². The molecule has 1 aliphatic heterocycles. The van der Waals surface area contributed by atoms with Gasteiger partial charge in [-0.05, 0) is 0 Å². The number of carboxylic acids is 1. The van der Waals surface area contributed by atoms with Crippen molar-refractivity contribution < 1.29 is 31.1 Å². The van der Waals surface area contributed by atoms with Gasteiger partial charge in [0.05, 0.1) is 0 Å². The predicted octanol–water partition coefficient (Wildman–Crippen LogP) is 0.290. The number of halogens is 2. The van der Waals surface area contributed by atoms with Crippen LogP contribution >= 0.6 is 15.9 Å². The zero-order valence-corrected chi connectivity index (χ0v) is 13.2. The van der Waals surface area contributed by atoms with Gasteiger partial charge in [0.1, 0.15) is 0 Å². The van der Waals surface area contributed by atoms with Crippen molar-refractivity contribution in [2.75, 3.05) is 4.43 Å². The summed E-state index contributed by atoms with van der Waals surface area (Å²) in [6, 6.07) is 5.74. The third-order valence-electron chi connectivity index (χ3n) is 2.69. The number of carboxylic acid groups (broad SMARTS) is 1. The molecule has 0 fully saturated rings. The van der Waals surface area contributed by atoms with Crippen LogP contribution in [0.2, 0.25) is 0 Å². The number of allylic oxidation sites excluding steroid dienone is 1. The second-order valence-electron chi connectivity index (χ2n) is 3.94. The first-order chi connectivity index (χ1) is 8.09. The second kappa shape index (κ2) is 5.52. The fourth-order valence-electron chi connectivity index (χ4n) is 1.86. The first kappa shape index (κ1) is 13.1. The first-order valence-corrected chi connectivity index (χ1v) is 8.90. The Morgan fingerprint density at radius 2 is 2.29 bits per heavy atom. The maximum atomic E-state index is 11.3. The normalized spacial score (nSPS) is 20.4. The first-order valence-electron chi connectivity index (χ1n) is 5.38. The molecule has 4 heteroatoms. The Bertz CT molecular complexity index is 482. The third kappa shape index (κ3) is 2.91. The molecule has 0 bridgehead atoms. The molecule has 1 unspecified atom stereocenters. The van der Waals surface area contributed by atoms with Gasteiger partial charge in [0.25, 0.3) is 0 Å². The maximum absolute atomic E-state index is 11.3. The average molecular weight is 408 g/mol. The van der Waals surface area contributed by atoms with E-state index in [9.17, 15) is 9.90 Å². The van der Waals surface area contributed by atoms with E-state index in [4.69, 9.17) is 0 Å². The molecular weight excluding hydrogens is 395 g/mol. The standard InChI is InChI=1S/C13H13BrIO2/c1-8-3-2-4-10(12(8)13(16)17)11-7-9(14)5-6-15-11/h2-4,7,9H,5-6H2,1H3,(H,16,17)/q-1. The Morgan fingerprint density at radius 3 is 2.94 bits per heavy atom. The van der Waals surface area contributed by atoms with Gasteiger partial charge in [0, 0.05) is 0 Å². The van der Waals surface area contributed by atoms with Crippen LogP contribution in [0.15, 0.2) is 24.3 Å². The van der Waals surface area contributed by atoms with Gasteiger partial charge in [0.15, 0.2) is 0 Å². The molecule has 0 spiro atoms. The van der Waals surface area contributed by atoms with E-state index in [2.05, 4.69) is 22.0 Å². The number of alkyl halides is 2. The summed E-state index contributed by atoms with van der Waals surface area (Å²) >= 11 is 3.56. The number of carbonyl (C=O) groups is 1. The van der Waals surface area contributed by atoms with E-state index in [1.807, 2.05) is 25.1 Å². The van der Waals surface area contributed by atoms with Gasteiger partial charge in [-0.15, -0.1) is 0 Å². The summed E-state index contributed by atoms with van der Waals surface area (Å²) in [6.07, 6.45) is 3.36. The van der Waals surface area contributed by atoms with E-state index in [-0.39, 0.29) is 21.2 Å². The molecule has 0 saturated heterocycles. The summed E-state index contributed by atoms with van der Waals surface area (Å²) in [5, 5.41) is 9.32. The van der Waals surface area contributed by atoms with E-state index in [0.29, 0.717) is 10.4 Å². The van der Waals surface area contributed by atoms with Gasteiger partial charge in [-0.25, -0.2) is 0 Å². The van der Waals surface area contributed by atoms with Crippen molar-refractivity contribution in [3.05, 3.63) is 41.0 Å². The molecule has 0 saturated carbocycles. The molecule has 0 radical (unpaired) electrons. The Kier molecular flexibility index (Phi) is 4.25. The van der Waals surface area contributed by atoms with Crippen LogP contribution < -0.4 is 21.2 Å². The van der Waals surface area contributed by atoms with Crippen LogP contribution in [-0.2, 0) is 0 Å². The molecule has 0 amide bonds. The molecule has 1 N–H and O–H groups in total. The van der Waals surface area contributed by atoms with Crippen LogP contribution in [0.1, 0.15) is 27.9 Å². The number of aromatic carboxylic acids is 1. The summed E-state index contributed by atoms with van der Waals surface area (Å²) in [5.41, 5.74) is 2.24. The van der Waals surface area contributed by atoms with E-state index in [0.717, 1.165) is 11.1 Å². The van der Waals surface area contributed by atoms with Crippen molar-refractivity contribution in [3.8, 4) is 0 Å². The van der Waals surface area contributed by atoms with Crippen molar-refractivity contribution in [3.63, 3.8) is 0 Å².